The first-order valence-corrected chi connectivity index (χ1v) is 7.42. The van der Waals surface area contributed by atoms with Gasteiger partial charge in [0.05, 0.1) is 13.7 Å². The third kappa shape index (κ3) is 4.43. The lowest BCUT2D eigenvalue weighted by Gasteiger charge is -2.22. The third-order valence-electron chi connectivity index (χ3n) is 3.90. The molecule has 6 nitrogen and oxygen atoms in total. The summed E-state index contributed by atoms with van der Waals surface area (Å²) in [5, 5.41) is 12.5. The van der Waals surface area contributed by atoms with Crippen LogP contribution in [0.25, 0.3) is 0 Å². The number of carbonyl (C=O) groups excluding carboxylic acids is 1. The molecule has 0 unspecified atom stereocenters. The van der Waals surface area contributed by atoms with Crippen LogP contribution in [-0.2, 0) is 16.1 Å². The lowest BCUT2D eigenvalue weighted by Crippen LogP contribution is -2.38. The molecule has 0 bridgehead atoms. The van der Waals surface area contributed by atoms with Crippen molar-refractivity contribution in [3.63, 3.8) is 0 Å². The van der Waals surface area contributed by atoms with E-state index in [1.165, 1.54) is 7.11 Å². The van der Waals surface area contributed by atoms with Gasteiger partial charge in [-0.1, -0.05) is 12.1 Å². The van der Waals surface area contributed by atoms with Gasteiger partial charge in [0.25, 0.3) is 0 Å². The Labute approximate surface area is 131 Å². The van der Waals surface area contributed by atoms with Crippen LogP contribution in [0.2, 0.25) is 0 Å². The maximum Gasteiger partial charge on any atom is 0.246 e. The molecule has 2 rings (SSSR count). The van der Waals surface area contributed by atoms with Crippen molar-refractivity contribution in [3.8, 4) is 5.75 Å². The summed E-state index contributed by atoms with van der Waals surface area (Å²) in [4.78, 5) is 13.8. The molecule has 0 radical (unpaired) electrons. The van der Waals surface area contributed by atoms with E-state index in [9.17, 15) is 9.90 Å². The van der Waals surface area contributed by atoms with E-state index in [2.05, 4.69) is 10.2 Å². The first-order chi connectivity index (χ1) is 10.7. The number of amides is 1. The van der Waals surface area contributed by atoms with E-state index < -0.39 is 0 Å². The summed E-state index contributed by atoms with van der Waals surface area (Å²) in [6.45, 7) is 1.59. The van der Waals surface area contributed by atoms with E-state index in [1.807, 2.05) is 24.3 Å². The standard InChI is InChI=1S/C16H24N2O4/c1-21-11-16(20)17-13-7-14(10-19)18(9-13)8-12-4-3-5-15(6-12)22-2/h3-6,13-14,19H,7-11H2,1-2H3,(H,17,20)/t13-,14-/m0/s1. The predicted molar refractivity (Wildman–Crippen MR) is 82.7 cm³/mol. The molecule has 1 aromatic rings. The normalized spacial score (nSPS) is 21.8. The van der Waals surface area contributed by atoms with Crippen molar-refractivity contribution >= 4 is 5.91 Å². The van der Waals surface area contributed by atoms with Crippen LogP contribution in [-0.4, -0.2) is 62.0 Å². The number of nitrogens with zero attached hydrogens (tertiary/aromatic N) is 1. The molecule has 2 N–H and O–H groups in total. The molecule has 1 amide bonds. The molecule has 1 saturated heterocycles. The number of carbonyl (C=O) groups is 1. The van der Waals surface area contributed by atoms with Gasteiger partial charge in [-0.25, -0.2) is 0 Å². The largest absolute Gasteiger partial charge is 0.497 e. The quantitative estimate of drug-likeness (QED) is 0.763. The van der Waals surface area contributed by atoms with Gasteiger partial charge in [-0.05, 0) is 24.1 Å². The van der Waals surface area contributed by atoms with Gasteiger partial charge in [0.1, 0.15) is 12.4 Å². The molecule has 122 valence electrons. The summed E-state index contributed by atoms with van der Waals surface area (Å²) in [5.74, 6) is 0.703. The topological polar surface area (TPSA) is 71.0 Å². The van der Waals surface area contributed by atoms with Crippen molar-refractivity contribution in [2.75, 3.05) is 34.0 Å². The van der Waals surface area contributed by atoms with Gasteiger partial charge < -0.3 is 19.9 Å². The fourth-order valence-corrected chi connectivity index (χ4v) is 2.88. The Hall–Kier alpha value is -1.63. The van der Waals surface area contributed by atoms with Gasteiger partial charge in [-0.3, -0.25) is 9.69 Å². The summed E-state index contributed by atoms with van der Waals surface area (Å²) >= 11 is 0. The maximum atomic E-state index is 11.6. The molecule has 0 aromatic heterocycles. The zero-order valence-electron chi connectivity index (χ0n) is 13.1. The molecule has 1 aliphatic heterocycles. The molecule has 2 atom stereocenters. The van der Waals surface area contributed by atoms with E-state index in [-0.39, 0.29) is 31.2 Å². The number of benzene rings is 1. The molecule has 1 fully saturated rings. The lowest BCUT2D eigenvalue weighted by atomic mass is 10.1. The van der Waals surface area contributed by atoms with Crippen LogP contribution in [0, 0.1) is 0 Å². The number of aliphatic hydroxyl groups is 1. The molecule has 1 aliphatic rings. The summed E-state index contributed by atoms with van der Waals surface area (Å²) in [5.41, 5.74) is 1.13. The Morgan fingerprint density at radius 3 is 2.95 bits per heavy atom. The van der Waals surface area contributed by atoms with E-state index >= 15 is 0 Å². The molecule has 0 aliphatic carbocycles. The summed E-state index contributed by atoms with van der Waals surface area (Å²) in [6.07, 6.45) is 0.746. The fraction of sp³-hybridized carbons (Fsp3) is 0.562. The van der Waals surface area contributed by atoms with E-state index in [4.69, 9.17) is 9.47 Å². The SMILES string of the molecule is COCC(=O)N[C@H]1C[C@@H](CO)N(Cc2cccc(OC)c2)C1. The van der Waals surface area contributed by atoms with Crippen LogP contribution in [0.15, 0.2) is 24.3 Å². The Morgan fingerprint density at radius 2 is 2.27 bits per heavy atom. The van der Waals surface area contributed by atoms with Crippen LogP contribution >= 0.6 is 0 Å². The number of hydrogen-bond acceptors (Lipinski definition) is 5. The van der Waals surface area contributed by atoms with Crippen LogP contribution < -0.4 is 10.1 Å². The van der Waals surface area contributed by atoms with Crippen molar-refractivity contribution in [1.29, 1.82) is 0 Å². The van der Waals surface area contributed by atoms with Gasteiger partial charge >= 0.3 is 0 Å². The van der Waals surface area contributed by atoms with Crippen molar-refractivity contribution < 1.29 is 19.4 Å². The Morgan fingerprint density at radius 1 is 1.45 bits per heavy atom. The average Bonchev–Trinajstić information content (AvgIpc) is 2.89. The van der Waals surface area contributed by atoms with Crippen LogP contribution in [0.4, 0.5) is 0 Å². The molecule has 0 spiro atoms. The van der Waals surface area contributed by atoms with Crippen LogP contribution in [0.3, 0.4) is 0 Å². The van der Waals surface area contributed by atoms with Crippen molar-refractivity contribution in [2.24, 2.45) is 0 Å². The highest BCUT2D eigenvalue weighted by Gasteiger charge is 2.32. The summed E-state index contributed by atoms with van der Waals surface area (Å²) in [6, 6.07) is 7.99. The highest BCUT2D eigenvalue weighted by atomic mass is 16.5. The Kier molecular flexibility index (Phi) is 6.18. The highest BCUT2D eigenvalue weighted by molar-refractivity contribution is 5.77. The number of hydrogen-bond donors (Lipinski definition) is 2. The van der Waals surface area contributed by atoms with Crippen LogP contribution in [0.1, 0.15) is 12.0 Å². The van der Waals surface area contributed by atoms with Gasteiger partial charge in [-0.2, -0.15) is 0 Å². The monoisotopic (exact) mass is 308 g/mol. The molecule has 0 saturated carbocycles. The second kappa shape index (κ2) is 8.12. The minimum Gasteiger partial charge on any atom is -0.497 e. The molecule has 6 heteroatoms. The first-order valence-electron chi connectivity index (χ1n) is 7.42. The lowest BCUT2D eigenvalue weighted by molar-refractivity contribution is -0.125. The second-order valence-corrected chi connectivity index (χ2v) is 5.55. The molecule has 22 heavy (non-hydrogen) atoms. The molecule has 1 aromatic carbocycles. The first kappa shape index (κ1) is 16.7. The minimum absolute atomic E-state index is 0.0467. The van der Waals surface area contributed by atoms with Gasteiger partial charge in [-0.15, -0.1) is 0 Å². The number of rotatable bonds is 7. The number of aliphatic hydroxyl groups excluding tert-OH is 1. The smallest absolute Gasteiger partial charge is 0.246 e. The minimum atomic E-state index is -0.118. The summed E-state index contributed by atoms with van der Waals surface area (Å²) in [7, 11) is 3.15. The van der Waals surface area contributed by atoms with Gasteiger partial charge in [0, 0.05) is 32.3 Å². The van der Waals surface area contributed by atoms with Crippen molar-refractivity contribution in [3.05, 3.63) is 29.8 Å². The number of nitrogens with one attached hydrogen (secondary N) is 1. The third-order valence-corrected chi connectivity index (χ3v) is 3.90. The van der Waals surface area contributed by atoms with E-state index in [0.29, 0.717) is 0 Å². The number of ether oxygens (including phenoxy) is 2. The van der Waals surface area contributed by atoms with Gasteiger partial charge in [0.15, 0.2) is 0 Å². The van der Waals surface area contributed by atoms with Gasteiger partial charge in [0.2, 0.25) is 5.91 Å². The van der Waals surface area contributed by atoms with E-state index in [0.717, 1.165) is 30.8 Å². The predicted octanol–water partition coefficient (Wildman–Crippen LogP) is 0.393. The zero-order valence-corrected chi connectivity index (χ0v) is 13.1. The van der Waals surface area contributed by atoms with Crippen LogP contribution in [0.5, 0.6) is 5.75 Å². The fourth-order valence-electron chi connectivity index (χ4n) is 2.88. The van der Waals surface area contributed by atoms with E-state index in [1.54, 1.807) is 7.11 Å². The summed E-state index contributed by atoms with van der Waals surface area (Å²) < 4.78 is 10.1. The average molecular weight is 308 g/mol. The molecular formula is C16H24N2O4. The second-order valence-electron chi connectivity index (χ2n) is 5.55. The molecule has 1 heterocycles. The number of methoxy groups -OCH3 is 2. The number of likely N-dealkylation sites (tertiary alicyclic amines) is 1. The maximum absolute atomic E-state index is 11.6. The zero-order chi connectivity index (χ0) is 15.9. The van der Waals surface area contributed by atoms with Crippen molar-refractivity contribution in [2.45, 2.75) is 25.0 Å². The Bertz CT molecular complexity index is 495. The Balaban J connectivity index is 1.96. The highest BCUT2D eigenvalue weighted by Crippen LogP contribution is 2.22. The van der Waals surface area contributed by atoms with Crippen molar-refractivity contribution in [1.82, 2.24) is 10.2 Å². The molecular weight excluding hydrogens is 284 g/mol.